The molecule has 0 radical (unpaired) electrons. The van der Waals surface area contributed by atoms with Gasteiger partial charge in [-0.25, -0.2) is 0 Å². The molecule has 0 bridgehead atoms. The molecule has 0 spiro atoms. The van der Waals surface area contributed by atoms with Crippen LogP contribution in [0, 0.1) is 0 Å². The molecule has 0 atom stereocenters. The molecular weight excluding hydrogens is 348 g/mol. The number of furan rings is 1. The van der Waals surface area contributed by atoms with Gasteiger partial charge in [-0.2, -0.15) is 0 Å². The Morgan fingerprint density at radius 2 is 1.67 bits per heavy atom. The van der Waals surface area contributed by atoms with Crippen molar-refractivity contribution >= 4 is 0 Å². The summed E-state index contributed by atoms with van der Waals surface area (Å²) in [4.78, 5) is 0. The number of fused-ring (bicyclic) bond motifs is 1. The first-order valence-corrected chi connectivity index (χ1v) is 8.36. The lowest BCUT2D eigenvalue weighted by Crippen LogP contribution is -1.94. The van der Waals surface area contributed by atoms with Crippen LogP contribution in [0.3, 0.4) is 0 Å². The van der Waals surface area contributed by atoms with Crippen LogP contribution in [-0.4, -0.2) is 17.0 Å². The Kier molecular flexibility index (Phi) is 3.75. The summed E-state index contributed by atoms with van der Waals surface area (Å²) in [6, 6.07) is 18.6. The SMILES string of the molecule is c1ccc(-c2nnc(-c3ccc(COc4ccc5c(c4)OCO5)o3)o2)cc1. The highest BCUT2D eigenvalue weighted by Gasteiger charge is 2.16. The molecule has 0 amide bonds. The van der Waals surface area contributed by atoms with Gasteiger partial charge in [-0.1, -0.05) is 18.2 Å². The highest BCUT2D eigenvalue weighted by atomic mass is 16.7. The van der Waals surface area contributed by atoms with Gasteiger partial charge in [0.25, 0.3) is 5.89 Å². The van der Waals surface area contributed by atoms with E-state index in [1.807, 2.05) is 48.5 Å². The number of benzene rings is 2. The molecule has 7 nitrogen and oxygen atoms in total. The summed E-state index contributed by atoms with van der Waals surface area (Å²) in [6.07, 6.45) is 0. The van der Waals surface area contributed by atoms with E-state index in [1.165, 1.54) is 0 Å². The predicted molar refractivity (Wildman–Crippen MR) is 94.3 cm³/mol. The van der Waals surface area contributed by atoms with Crippen molar-refractivity contribution in [2.75, 3.05) is 6.79 Å². The van der Waals surface area contributed by atoms with Crippen LogP contribution in [0.2, 0.25) is 0 Å². The molecule has 1 aliphatic rings. The fourth-order valence-electron chi connectivity index (χ4n) is 2.71. The van der Waals surface area contributed by atoms with Gasteiger partial charge < -0.3 is 23.0 Å². The molecule has 0 saturated carbocycles. The molecule has 0 saturated heterocycles. The van der Waals surface area contributed by atoms with Crippen LogP contribution in [0.1, 0.15) is 5.76 Å². The molecule has 0 aliphatic carbocycles. The van der Waals surface area contributed by atoms with Crippen molar-refractivity contribution in [1.29, 1.82) is 0 Å². The zero-order chi connectivity index (χ0) is 18.1. The van der Waals surface area contributed by atoms with Crippen molar-refractivity contribution in [3.8, 4) is 40.4 Å². The second-order valence-electron chi connectivity index (χ2n) is 5.85. The summed E-state index contributed by atoms with van der Waals surface area (Å²) in [5, 5.41) is 8.12. The number of aromatic nitrogens is 2. The Balaban J connectivity index is 1.28. The minimum absolute atomic E-state index is 0.232. The Morgan fingerprint density at radius 1 is 0.815 bits per heavy atom. The van der Waals surface area contributed by atoms with Crippen molar-refractivity contribution in [3.63, 3.8) is 0 Å². The highest BCUT2D eigenvalue weighted by molar-refractivity contribution is 5.54. The van der Waals surface area contributed by atoms with Gasteiger partial charge in [0.15, 0.2) is 17.3 Å². The van der Waals surface area contributed by atoms with Crippen LogP contribution >= 0.6 is 0 Å². The van der Waals surface area contributed by atoms with Gasteiger partial charge in [-0.3, -0.25) is 0 Å². The minimum Gasteiger partial charge on any atom is -0.486 e. The van der Waals surface area contributed by atoms with Gasteiger partial charge in [0.2, 0.25) is 12.7 Å². The van der Waals surface area contributed by atoms with E-state index < -0.39 is 0 Å². The van der Waals surface area contributed by atoms with Gasteiger partial charge in [0, 0.05) is 11.6 Å². The second kappa shape index (κ2) is 6.53. The fourth-order valence-corrected chi connectivity index (χ4v) is 2.71. The average Bonchev–Trinajstić information content (AvgIpc) is 3.46. The largest absolute Gasteiger partial charge is 0.486 e. The van der Waals surface area contributed by atoms with E-state index in [4.69, 9.17) is 23.0 Å². The fraction of sp³-hybridized carbons (Fsp3) is 0.100. The maximum absolute atomic E-state index is 5.76. The van der Waals surface area contributed by atoms with Crippen molar-refractivity contribution in [2.45, 2.75) is 6.61 Å². The molecule has 4 aromatic rings. The Morgan fingerprint density at radius 3 is 2.59 bits per heavy atom. The highest BCUT2D eigenvalue weighted by Crippen LogP contribution is 2.35. The maximum Gasteiger partial charge on any atom is 0.283 e. The van der Waals surface area contributed by atoms with Gasteiger partial charge in [-0.15, -0.1) is 10.2 Å². The van der Waals surface area contributed by atoms with E-state index in [1.54, 1.807) is 12.1 Å². The first-order chi connectivity index (χ1) is 13.3. The van der Waals surface area contributed by atoms with E-state index in [0.717, 1.165) is 5.56 Å². The van der Waals surface area contributed by atoms with Crippen LogP contribution in [0.4, 0.5) is 0 Å². The zero-order valence-corrected chi connectivity index (χ0v) is 14.1. The van der Waals surface area contributed by atoms with E-state index in [9.17, 15) is 0 Å². The molecule has 3 heterocycles. The normalized spacial score (nSPS) is 12.3. The Bertz CT molecular complexity index is 1070. The lowest BCUT2D eigenvalue weighted by molar-refractivity contribution is 0.173. The molecule has 0 unspecified atom stereocenters. The standard InChI is InChI=1S/C20H14N2O5/c1-2-4-13(5-3-1)19-21-22-20(27-19)17-9-7-15(26-17)11-23-14-6-8-16-18(10-14)25-12-24-16/h1-10H,11-12H2. The van der Waals surface area contributed by atoms with Crippen LogP contribution < -0.4 is 14.2 Å². The third-order valence-electron chi connectivity index (χ3n) is 4.04. The first kappa shape index (κ1) is 15.5. The maximum atomic E-state index is 5.76. The molecular formula is C20H14N2O5. The molecule has 1 aliphatic heterocycles. The zero-order valence-electron chi connectivity index (χ0n) is 14.1. The number of hydrogen-bond donors (Lipinski definition) is 0. The van der Waals surface area contributed by atoms with Crippen molar-refractivity contribution in [2.24, 2.45) is 0 Å². The predicted octanol–water partition coefficient (Wildman–Crippen LogP) is 4.30. The topological polar surface area (TPSA) is 79.8 Å². The lowest BCUT2D eigenvalue weighted by Gasteiger charge is -2.04. The van der Waals surface area contributed by atoms with Gasteiger partial charge in [-0.05, 0) is 36.4 Å². The third kappa shape index (κ3) is 3.10. The molecule has 2 aromatic heterocycles. The van der Waals surface area contributed by atoms with E-state index in [0.29, 0.717) is 40.6 Å². The molecule has 134 valence electrons. The van der Waals surface area contributed by atoms with Crippen LogP contribution in [0.25, 0.3) is 23.1 Å². The van der Waals surface area contributed by atoms with E-state index in [-0.39, 0.29) is 13.4 Å². The third-order valence-corrected chi connectivity index (χ3v) is 4.04. The first-order valence-electron chi connectivity index (χ1n) is 8.36. The summed E-state index contributed by atoms with van der Waals surface area (Å²) in [5.41, 5.74) is 0.856. The summed E-state index contributed by atoms with van der Waals surface area (Å²) < 4.78 is 27.8. The monoisotopic (exact) mass is 362 g/mol. The molecule has 7 heteroatoms. The smallest absolute Gasteiger partial charge is 0.283 e. The van der Waals surface area contributed by atoms with Crippen molar-refractivity contribution < 1.29 is 23.0 Å². The minimum atomic E-state index is 0.232. The van der Waals surface area contributed by atoms with E-state index in [2.05, 4.69) is 10.2 Å². The molecule has 27 heavy (non-hydrogen) atoms. The average molecular weight is 362 g/mol. The summed E-state index contributed by atoms with van der Waals surface area (Å²) in [5.74, 6) is 3.96. The lowest BCUT2D eigenvalue weighted by atomic mass is 10.2. The number of rotatable bonds is 5. The molecule has 0 fully saturated rings. The second-order valence-corrected chi connectivity index (χ2v) is 5.85. The Hall–Kier alpha value is -3.74. The molecule has 2 aromatic carbocycles. The summed E-state index contributed by atoms with van der Waals surface area (Å²) in [7, 11) is 0. The number of ether oxygens (including phenoxy) is 3. The molecule has 5 rings (SSSR count). The van der Waals surface area contributed by atoms with Crippen LogP contribution in [0.5, 0.6) is 17.2 Å². The van der Waals surface area contributed by atoms with Crippen LogP contribution in [0.15, 0.2) is 69.5 Å². The van der Waals surface area contributed by atoms with Crippen LogP contribution in [-0.2, 0) is 6.61 Å². The quantitative estimate of drug-likeness (QED) is 0.523. The summed E-state index contributed by atoms with van der Waals surface area (Å²) >= 11 is 0. The number of hydrogen-bond acceptors (Lipinski definition) is 7. The van der Waals surface area contributed by atoms with Crippen molar-refractivity contribution in [1.82, 2.24) is 10.2 Å². The summed E-state index contributed by atoms with van der Waals surface area (Å²) in [6.45, 7) is 0.495. The van der Waals surface area contributed by atoms with Gasteiger partial charge >= 0.3 is 0 Å². The van der Waals surface area contributed by atoms with Crippen molar-refractivity contribution in [3.05, 3.63) is 66.4 Å². The van der Waals surface area contributed by atoms with Gasteiger partial charge in [0.1, 0.15) is 18.1 Å². The number of nitrogens with zero attached hydrogens (tertiary/aromatic N) is 2. The Labute approximate surface area is 154 Å². The molecule has 0 N–H and O–H groups in total. The van der Waals surface area contributed by atoms with E-state index >= 15 is 0 Å². The van der Waals surface area contributed by atoms with Gasteiger partial charge in [0.05, 0.1) is 0 Å².